The molecule has 0 spiro atoms. The third kappa shape index (κ3) is 4.76. The van der Waals surface area contributed by atoms with Gasteiger partial charge >= 0.3 is 0 Å². The van der Waals surface area contributed by atoms with Gasteiger partial charge in [-0.05, 0) is 42.7 Å². The maximum Gasteiger partial charge on any atom is 0.255 e. The molecule has 2 aliphatic rings. The van der Waals surface area contributed by atoms with Crippen molar-refractivity contribution in [1.29, 1.82) is 0 Å². The van der Waals surface area contributed by atoms with Crippen LogP contribution in [-0.2, 0) is 4.79 Å². The highest BCUT2D eigenvalue weighted by atomic mass is 16.5. The van der Waals surface area contributed by atoms with E-state index in [9.17, 15) is 9.59 Å². The first-order valence-corrected chi connectivity index (χ1v) is 10.9. The summed E-state index contributed by atoms with van der Waals surface area (Å²) in [6, 6.07) is 8.96. The molecule has 9 heteroatoms. The molecule has 2 amide bonds. The summed E-state index contributed by atoms with van der Waals surface area (Å²) < 4.78 is 27.8. The molecule has 2 aromatic rings. The Morgan fingerprint density at radius 1 is 1.03 bits per heavy atom. The molecule has 1 unspecified atom stereocenters. The van der Waals surface area contributed by atoms with Crippen LogP contribution in [0.4, 0.5) is 0 Å². The molecule has 2 N–H and O–H groups in total. The van der Waals surface area contributed by atoms with Crippen molar-refractivity contribution < 1.29 is 33.3 Å². The molecule has 0 radical (unpaired) electrons. The Morgan fingerprint density at radius 3 is 2.39 bits per heavy atom. The first-order chi connectivity index (χ1) is 16.0. The van der Waals surface area contributed by atoms with Gasteiger partial charge in [-0.25, -0.2) is 0 Å². The number of hydrogen-bond donors (Lipinski definition) is 1. The van der Waals surface area contributed by atoms with Crippen LogP contribution in [0.2, 0.25) is 0 Å². The number of methoxy groups -OCH3 is 2. The van der Waals surface area contributed by atoms with Gasteiger partial charge in [-0.1, -0.05) is 6.07 Å². The molecule has 4 rings (SSSR count). The molecule has 1 saturated heterocycles. The van der Waals surface area contributed by atoms with Crippen LogP contribution in [0.5, 0.6) is 28.7 Å². The first kappa shape index (κ1) is 22.6. The Kier molecular flexibility index (Phi) is 6.76. The van der Waals surface area contributed by atoms with Crippen LogP contribution in [0.3, 0.4) is 0 Å². The second-order valence-electron chi connectivity index (χ2n) is 7.88. The summed E-state index contributed by atoms with van der Waals surface area (Å²) in [5.41, 5.74) is 6.59. The lowest BCUT2D eigenvalue weighted by Crippen LogP contribution is -2.30. The Bertz CT molecular complexity index is 1010. The summed E-state index contributed by atoms with van der Waals surface area (Å²) in [5, 5.41) is 0. The normalized spacial score (nSPS) is 17.3. The number of rotatable bonds is 7. The molecule has 176 valence electrons. The monoisotopic (exact) mass is 456 g/mol. The van der Waals surface area contributed by atoms with E-state index in [0.29, 0.717) is 31.1 Å². The van der Waals surface area contributed by atoms with E-state index in [4.69, 9.17) is 29.4 Å². The number of benzene rings is 2. The summed E-state index contributed by atoms with van der Waals surface area (Å²) in [6.45, 7) is 1.53. The Hall–Kier alpha value is -3.62. The smallest absolute Gasteiger partial charge is 0.255 e. The standard InChI is InChI=1S/C24H28N2O7/c1-29-20-12-16(13-21(30-2)23(20)33-14-22(25)27)24(28)26-8-3-5-17(26)15-6-7-18-19(11-15)32-10-4-9-31-18/h6-7,11-13,17H,3-5,8-10,14H2,1-2H3,(H2,25,27). The van der Waals surface area contributed by atoms with E-state index >= 15 is 0 Å². The molecule has 1 fully saturated rings. The van der Waals surface area contributed by atoms with Gasteiger partial charge in [0.15, 0.2) is 29.6 Å². The highest BCUT2D eigenvalue weighted by Crippen LogP contribution is 2.41. The summed E-state index contributed by atoms with van der Waals surface area (Å²) in [7, 11) is 2.91. The van der Waals surface area contributed by atoms with Crippen molar-refractivity contribution in [2.24, 2.45) is 5.73 Å². The molecule has 0 aromatic heterocycles. The van der Waals surface area contributed by atoms with Crippen molar-refractivity contribution in [1.82, 2.24) is 4.90 Å². The van der Waals surface area contributed by atoms with Crippen LogP contribution in [0.15, 0.2) is 30.3 Å². The van der Waals surface area contributed by atoms with Gasteiger partial charge in [-0.3, -0.25) is 9.59 Å². The number of fused-ring (bicyclic) bond motifs is 1. The number of likely N-dealkylation sites (tertiary alicyclic amines) is 1. The average Bonchev–Trinajstić information content (AvgIpc) is 3.20. The number of amides is 2. The van der Waals surface area contributed by atoms with Gasteiger partial charge in [-0.2, -0.15) is 0 Å². The zero-order valence-electron chi connectivity index (χ0n) is 18.8. The number of nitrogens with zero attached hydrogens (tertiary/aromatic N) is 1. The summed E-state index contributed by atoms with van der Waals surface area (Å²) >= 11 is 0. The lowest BCUT2D eigenvalue weighted by atomic mass is 10.0. The maximum atomic E-state index is 13.5. The van der Waals surface area contributed by atoms with Crippen LogP contribution in [0.1, 0.15) is 41.2 Å². The quantitative estimate of drug-likeness (QED) is 0.682. The molecule has 2 heterocycles. The van der Waals surface area contributed by atoms with Crippen LogP contribution in [0, 0.1) is 0 Å². The van der Waals surface area contributed by atoms with E-state index in [0.717, 1.165) is 30.6 Å². The summed E-state index contributed by atoms with van der Waals surface area (Å²) in [5.74, 6) is 1.44. The minimum absolute atomic E-state index is 0.0857. The topological polar surface area (TPSA) is 110 Å². The maximum absolute atomic E-state index is 13.5. The van der Waals surface area contributed by atoms with E-state index in [1.54, 1.807) is 12.1 Å². The van der Waals surface area contributed by atoms with Gasteiger partial charge < -0.3 is 34.3 Å². The fourth-order valence-electron chi connectivity index (χ4n) is 4.20. The van der Waals surface area contributed by atoms with Crippen molar-refractivity contribution in [2.75, 3.05) is 40.6 Å². The van der Waals surface area contributed by atoms with E-state index < -0.39 is 5.91 Å². The zero-order valence-corrected chi connectivity index (χ0v) is 18.8. The molecule has 0 bridgehead atoms. The van der Waals surface area contributed by atoms with Crippen molar-refractivity contribution >= 4 is 11.8 Å². The largest absolute Gasteiger partial charge is 0.493 e. The van der Waals surface area contributed by atoms with E-state index in [2.05, 4.69) is 0 Å². The van der Waals surface area contributed by atoms with Crippen LogP contribution >= 0.6 is 0 Å². The van der Waals surface area contributed by atoms with Crippen LogP contribution in [0.25, 0.3) is 0 Å². The number of nitrogens with two attached hydrogens (primary N) is 1. The second kappa shape index (κ2) is 9.89. The van der Waals surface area contributed by atoms with E-state index in [1.165, 1.54) is 14.2 Å². The minimum atomic E-state index is -0.630. The van der Waals surface area contributed by atoms with Crippen molar-refractivity contribution in [3.8, 4) is 28.7 Å². The first-order valence-electron chi connectivity index (χ1n) is 10.9. The molecule has 1 atom stereocenters. The number of carbonyl (C=O) groups is 2. The molecular weight excluding hydrogens is 428 g/mol. The van der Waals surface area contributed by atoms with E-state index in [-0.39, 0.29) is 35.8 Å². The predicted molar refractivity (Wildman–Crippen MR) is 119 cm³/mol. The molecule has 2 aliphatic heterocycles. The van der Waals surface area contributed by atoms with Crippen molar-refractivity contribution in [3.05, 3.63) is 41.5 Å². The van der Waals surface area contributed by atoms with Gasteiger partial charge in [0.25, 0.3) is 11.8 Å². The average molecular weight is 456 g/mol. The third-order valence-corrected chi connectivity index (χ3v) is 5.74. The summed E-state index contributed by atoms with van der Waals surface area (Å²) in [6.07, 6.45) is 2.57. The van der Waals surface area contributed by atoms with E-state index in [1.807, 2.05) is 23.1 Å². The van der Waals surface area contributed by atoms with Gasteiger partial charge in [-0.15, -0.1) is 0 Å². The van der Waals surface area contributed by atoms with Crippen LogP contribution in [-0.4, -0.2) is 57.3 Å². The van der Waals surface area contributed by atoms with Gasteiger partial charge in [0, 0.05) is 18.5 Å². The van der Waals surface area contributed by atoms with Gasteiger partial charge in [0.1, 0.15) is 0 Å². The second-order valence-corrected chi connectivity index (χ2v) is 7.88. The Morgan fingerprint density at radius 2 is 1.73 bits per heavy atom. The fourth-order valence-corrected chi connectivity index (χ4v) is 4.20. The molecule has 0 saturated carbocycles. The highest BCUT2D eigenvalue weighted by molar-refractivity contribution is 5.96. The predicted octanol–water partition coefficient (Wildman–Crippen LogP) is 2.71. The molecule has 0 aliphatic carbocycles. The Balaban J connectivity index is 1.62. The van der Waals surface area contributed by atoms with Gasteiger partial charge in [0.05, 0.1) is 33.5 Å². The molecular formula is C24H28N2O7. The fraction of sp³-hybridized carbons (Fsp3) is 0.417. The van der Waals surface area contributed by atoms with Crippen LogP contribution < -0.4 is 29.4 Å². The van der Waals surface area contributed by atoms with Gasteiger partial charge in [0.2, 0.25) is 5.75 Å². The molecule has 33 heavy (non-hydrogen) atoms. The van der Waals surface area contributed by atoms with Crippen molar-refractivity contribution in [3.63, 3.8) is 0 Å². The SMILES string of the molecule is COc1cc(C(=O)N2CCCC2c2ccc3c(c2)OCCCO3)cc(OC)c1OCC(N)=O. The van der Waals surface area contributed by atoms with Crippen molar-refractivity contribution in [2.45, 2.75) is 25.3 Å². The highest BCUT2D eigenvalue weighted by Gasteiger charge is 2.32. The number of carbonyl (C=O) groups excluding carboxylic acids is 2. The lowest BCUT2D eigenvalue weighted by Gasteiger charge is -2.26. The summed E-state index contributed by atoms with van der Waals surface area (Å²) in [4.78, 5) is 26.5. The Labute approximate surface area is 192 Å². The minimum Gasteiger partial charge on any atom is -0.493 e. The number of primary amides is 1. The molecule has 2 aromatic carbocycles. The molecule has 9 nitrogen and oxygen atoms in total. The third-order valence-electron chi connectivity index (χ3n) is 5.74. The lowest BCUT2D eigenvalue weighted by molar-refractivity contribution is -0.120. The number of hydrogen-bond acceptors (Lipinski definition) is 7. The number of ether oxygens (including phenoxy) is 5. The zero-order chi connectivity index (χ0) is 23.4.